The Bertz CT molecular complexity index is 686. The van der Waals surface area contributed by atoms with E-state index in [0.717, 1.165) is 47.8 Å². The molecule has 0 aromatic heterocycles. The Morgan fingerprint density at radius 1 is 1.18 bits per heavy atom. The fourth-order valence-corrected chi connectivity index (χ4v) is 5.50. The quantitative estimate of drug-likeness (QED) is 0.791. The van der Waals surface area contributed by atoms with Crippen molar-refractivity contribution in [3.8, 4) is 0 Å². The van der Waals surface area contributed by atoms with E-state index in [1.807, 2.05) is 23.1 Å². The van der Waals surface area contributed by atoms with Gasteiger partial charge in [-0.1, -0.05) is 26.0 Å². The monoisotopic (exact) mass is 403 g/mol. The highest BCUT2D eigenvalue weighted by atomic mass is 32.2. The molecule has 28 heavy (non-hydrogen) atoms. The minimum atomic E-state index is -0.0291. The van der Waals surface area contributed by atoms with Crippen LogP contribution in [0.5, 0.6) is 0 Å². The molecule has 2 aliphatic rings. The normalized spacial score (nSPS) is 23.8. The average Bonchev–Trinajstić information content (AvgIpc) is 2.64. The summed E-state index contributed by atoms with van der Waals surface area (Å²) >= 11 is 1.78. The van der Waals surface area contributed by atoms with Gasteiger partial charge in [-0.2, -0.15) is 0 Å². The molecular weight excluding hydrogens is 370 g/mol. The van der Waals surface area contributed by atoms with Gasteiger partial charge < -0.3 is 15.1 Å². The summed E-state index contributed by atoms with van der Waals surface area (Å²) in [7, 11) is 0. The van der Waals surface area contributed by atoms with Crippen molar-refractivity contribution in [1.29, 1.82) is 0 Å². The lowest BCUT2D eigenvalue weighted by Gasteiger charge is -2.36. The summed E-state index contributed by atoms with van der Waals surface area (Å²) in [4.78, 5) is 30.5. The minimum absolute atomic E-state index is 0.0291. The van der Waals surface area contributed by atoms with Crippen LogP contribution in [0.4, 0.5) is 5.69 Å². The molecule has 6 heteroatoms. The molecule has 3 rings (SSSR count). The Balaban J connectivity index is 1.43. The molecule has 1 N–H and O–H groups in total. The minimum Gasteiger partial charge on any atom is -0.352 e. The predicted octanol–water partition coefficient (Wildman–Crippen LogP) is 3.39. The van der Waals surface area contributed by atoms with Crippen molar-refractivity contribution < 1.29 is 9.59 Å². The molecule has 2 amide bonds. The molecule has 1 aromatic carbocycles. The van der Waals surface area contributed by atoms with Gasteiger partial charge in [-0.3, -0.25) is 9.59 Å². The summed E-state index contributed by atoms with van der Waals surface area (Å²) in [5.74, 6) is 2.34. The summed E-state index contributed by atoms with van der Waals surface area (Å²) in [5.41, 5.74) is 0.978. The van der Waals surface area contributed by atoms with E-state index in [2.05, 4.69) is 37.1 Å². The van der Waals surface area contributed by atoms with Crippen molar-refractivity contribution in [1.82, 2.24) is 10.2 Å². The van der Waals surface area contributed by atoms with E-state index in [1.54, 1.807) is 11.8 Å². The lowest BCUT2D eigenvalue weighted by Crippen LogP contribution is -2.47. The van der Waals surface area contributed by atoms with Crippen molar-refractivity contribution >= 4 is 29.3 Å². The van der Waals surface area contributed by atoms with E-state index >= 15 is 0 Å². The second-order valence-electron chi connectivity index (χ2n) is 8.49. The van der Waals surface area contributed by atoms with Gasteiger partial charge in [-0.05, 0) is 37.3 Å². The number of nitrogens with one attached hydrogen (secondary N) is 1. The summed E-state index contributed by atoms with van der Waals surface area (Å²) < 4.78 is 0. The van der Waals surface area contributed by atoms with Crippen molar-refractivity contribution in [2.75, 3.05) is 36.8 Å². The van der Waals surface area contributed by atoms with Gasteiger partial charge >= 0.3 is 0 Å². The molecule has 0 aliphatic carbocycles. The third-order valence-corrected chi connectivity index (χ3v) is 6.52. The number of thioether (sulfide) groups is 1. The SMILES string of the molecule is CC1CC(C)CN(CC(C)NC(=O)CCC(=O)N2CCSc3ccccc32)C1. The molecule has 2 heterocycles. The molecule has 3 unspecified atom stereocenters. The van der Waals surface area contributed by atoms with Crippen LogP contribution in [0.2, 0.25) is 0 Å². The van der Waals surface area contributed by atoms with E-state index < -0.39 is 0 Å². The summed E-state index contributed by atoms with van der Waals surface area (Å²) in [6.45, 7) is 10.5. The van der Waals surface area contributed by atoms with Crippen LogP contribution in [0, 0.1) is 11.8 Å². The third-order valence-electron chi connectivity index (χ3n) is 5.48. The number of hydrogen-bond acceptors (Lipinski definition) is 4. The van der Waals surface area contributed by atoms with E-state index in [9.17, 15) is 9.59 Å². The Hall–Kier alpha value is -1.53. The third kappa shape index (κ3) is 5.74. The highest BCUT2D eigenvalue weighted by Crippen LogP contribution is 2.34. The van der Waals surface area contributed by atoms with E-state index in [0.29, 0.717) is 6.54 Å². The van der Waals surface area contributed by atoms with Crippen LogP contribution in [0.3, 0.4) is 0 Å². The lowest BCUT2D eigenvalue weighted by molar-refractivity contribution is -0.125. The molecular formula is C22H33N3O2S. The smallest absolute Gasteiger partial charge is 0.227 e. The number of likely N-dealkylation sites (tertiary alicyclic amines) is 1. The molecule has 5 nitrogen and oxygen atoms in total. The van der Waals surface area contributed by atoms with Crippen LogP contribution < -0.4 is 10.2 Å². The second-order valence-corrected chi connectivity index (χ2v) is 9.63. The Labute approximate surface area is 173 Å². The maximum absolute atomic E-state index is 12.7. The number of hydrogen-bond donors (Lipinski definition) is 1. The number of carbonyl (C=O) groups excluding carboxylic acids is 2. The summed E-state index contributed by atoms with van der Waals surface area (Å²) in [5, 5.41) is 3.08. The van der Waals surface area contributed by atoms with Crippen molar-refractivity contribution in [2.45, 2.75) is 51.0 Å². The predicted molar refractivity (Wildman–Crippen MR) is 116 cm³/mol. The van der Waals surface area contributed by atoms with E-state index in [-0.39, 0.29) is 30.7 Å². The van der Waals surface area contributed by atoms with Gasteiger partial charge in [0, 0.05) is 55.7 Å². The number of benzene rings is 1. The average molecular weight is 404 g/mol. The first-order valence-electron chi connectivity index (χ1n) is 10.5. The molecule has 154 valence electrons. The number of nitrogens with zero attached hydrogens (tertiary/aromatic N) is 2. The first kappa shape index (κ1) is 21.2. The molecule has 1 saturated heterocycles. The fourth-order valence-electron chi connectivity index (χ4n) is 4.51. The maximum Gasteiger partial charge on any atom is 0.227 e. The van der Waals surface area contributed by atoms with E-state index in [1.165, 1.54) is 6.42 Å². The first-order chi connectivity index (χ1) is 13.4. The van der Waals surface area contributed by atoms with Gasteiger partial charge in [0.15, 0.2) is 0 Å². The van der Waals surface area contributed by atoms with Gasteiger partial charge in [-0.15, -0.1) is 11.8 Å². The van der Waals surface area contributed by atoms with Crippen LogP contribution >= 0.6 is 11.8 Å². The Morgan fingerprint density at radius 2 is 1.89 bits per heavy atom. The molecule has 0 saturated carbocycles. The zero-order valence-electron chi connectivity index (χ0n) is 17.3. The van der Waals surface area contributed by atoms with Crippen LogP contribution in [0.25, 0.3) is 0 Å². The highest BCUT2D eigenvalue weighted by molar-refractivity contribution is 7.99. The topological polar surface area (TPSA) is 52.7 Å². The van der Waals surface area contributed by atoms with Crippen LogP contribution in [0.1, 0.15) is 40.0 Å². The lowest BCUT2D eigenvalue weighted by atomic mass is 9.92. The molecule has 1 fully saturated rings. The molecule has 3 atom stereocenters. The van der Waals surface area contributed by atoms with Crippen molar-refractivity contribution in [3.05, 3.63) is 24.3 Å². The molecule has 1 aromatic rings. The number of fused-ring (bicyclic) bond motifs is 1. The molecule has 2 aliphatic heterocycles. The van der Waals surface area contributed by atoms with E-state index in [4.69, 9.17) is 0 Å². The summed E-state index contributed by atoms with van der Waals surface area (Å²) in [6.07, 6.45) is 1.80. The van der Waals surface area contributed by atoms with Crippen LogP contribution in [0.15, 0.2) is 29.2 Å². The molecule has 0 spiro atoms. The Kier molecular flexibility index (Phi) is 7.41. The van der Waals surface area contributed by atoms with Crippen LogP contribution in [-0.4, -0.2) is 54.7 Å². The molecule has 0 radical (unpaired) electrons. The largest absolute Gasteiger partial charge is 0.352 e. The van der Waals surface area contributed by atoms with Crippen molar-refractivity contribution in [2.24, 2.45) is 11.8 Å². The number of para-hydroxylation sites is 1. The van der Waals surface area contributed by atoms with Gasteiger partial charge in [0.25, 0.3) is 0 Å². The Morgan fingerprint density at radius 3 is 2.64 bits per heavy atom. The zero-order valence-corrected chi connectivity index (χ0v) is 18.1. The van der Waals surface area contributed by atoms with Gasteiger partial charge in [0.2, 0.25) is 11.8 Å². The highest BCUT2D eigenvalue weighted by Gasteiger charge is 2.25. The van der Waals surface area contributed by atoms with Gasteiger partial charge in [0.1, 0.15) is 0 Å². The first-order valence-corrected chi connectivity index (χ1v) is 11.4. The standard InChI is InChI=1S/C22H33N3O2S/c1-16-12-17(2)14-24(13-16)15-18(3)23-21(26)8-9-22(27)25-10-11-28-20-7-5-4-6-19(20)25/h4-7,16-18H,8-15H2,1-3H3,(H,23,26). The van der Waals surface area contributed by atoms with Gasteiger partial charge in [-0.25, -0.2) is 0 Å². The number of anilines is 1. The number of rotatable bonds is 6. The maximum atomic E-state index is 12.7. The number of piperidine rings is 1. The number of carbonyl (C=O) groups is 2. The molecule has 0 bridgehead atoms. The van der Waals surface area contributed by atoms with Crippen LogP contribution in [-0.2, 0) is 9.59 Å². The summed E-state index contributed by atoms with van der Waals surface area (Å²) in [6, 6.07) is 8.10. The van der Waals surface area contributed by atoms with Gasteiger partial charge in [0.05, 0.1) is 5.69 Å². The fraction of sp³-hybridized carbons (Fsp3) is 0.636. The van der Waals surface area contributed by atoms with Crippen molar-refractivity contribution in [3.63, 3.8) is 0 Å². The number of amides is 2. The zero-order chi connectivity index (χ0) is 20.1. The second kappa shape index (κ2) is 9.79.